The maximum Gasteiger partial charge on any atom is 0.293 e. The van der Waals surface area contributed by atoms with Crippen LogP contribution in [0.1, 0.15) is 26.5 Å². The molecule has 0 saturated carbocycles. The first kappa shape index (κ1) is 14.4. The molecule has 1 aliphatic heterocycles. The summed E-state index contributed by atoms with van der Waals surface area (Å²) in [5.41, 5.74) is 0.168. The third-order valence-electron chi connectivity index (χ3n) is 3.58. The molecule has 1 aliphatic rings. The van der Waals surface area contributed by atoms with Crippen LogP contribution < -0.4 is 5.32 Å². The van der Waals surface area contributed by atoms with E-state index in [4.69, 9.17) is 4.74 Å². The quantitative estimate of drug-likeness (QED) is 0.418. The van der Waals surface area contributed by atoms with E-state index < -0.39 is 17.2 Å². The fourth-order valence-corrected chi connectivity index (χ4v) is 2.04. The van der Waals surface area contributed by atoms with E-state index in [1.165, 1.54) is 6.07 Å². The zero-order valence-corrected chi connectivity index (χ0v) is 11.3. The molecule has 1 amide bonds. The van der Waals surface area contributed by atoms with Crippen molar-refractivity contribution in [2.45, 2.75) is 12.5 Å². The second-order valence-corrected chi connectivity index (χ2v) is 4.96. The molecule has 0 spiro atoms. The smallest absolute Gasteiger partial charge is 0.293 e. The zero-order valence-electron chi connectivity index (χ0n) is 11.3. The van der Waals surface area contributed by atoms with Gasteiger partial charge in [-0.2, -0.15) is 0 Å². The Morgan fingerprint density at radius 3 is 2.60 bits per heavy atom. The number of carbonyl (C=O) groups excluding carboxylic acids is 3. The summed E-state index contributed by atoms with van der Waals surface area (Å²) in [5, 5.41) is 11.7. The SMILES string of the molecule is Cc1c(C(=O)C(=O)NC2(CO)COC2)cc(C=O)n1C. The molecule has 1 fully saturated rings. The molecule has 1 aromatic rings. The van der Waals surface area contributed by atoms with Gasteiger partial charge in [0.25, 0.3) is 11.7 Å². The highest BCUT2D eigenvalue weighted by Crippen LogP contribution is 2.18. The number of nitrogens with zero attached hydrogens (tertiary/aromatic N) is 1. The van der Waals surface area contributed by atoms with Gasteiger partial charge in [0.15, 0.2) is 6.29 Å². The van der Waals surface area contributed by atoms with Gasteiger partial charge in [0, 0.05) is 18.3 Å². The van der Waals surface area contributed by atoms with E-state index in [0.29, 0.717) is 17.7 Å². The van der Waals surface area contributed by atoms with E-state index in [1.54, 1.807) is 18.5 Å². The molecular formula is C13H16N2O5. The Labute approximate surface area is 115 Å². The van der Waals surface area contributed by atoms with Crippen molar-refractivity contribution in [3.8, 4) is 0 Å². The fraction of sp³-hybridized carbons (Fsp3) is 0.462. The topological polar surface area (TPSA) is 97.6 Å². The Balaban J connectivity index is 2.19. The first-order valence-corrected chi connectivity index (χ1v) is 6.11. The molecule has 0 aromatic carbocycles. The van der Waals surface area contributed by atoms with Crippen LogP contribution in [0.5, 0.6) is 0 Å². The normalized spacial score (nSPS) is 16.4. The summed E-state index contributed by atoms with van der Waals surface area (Å²) in [6, 6.07) is 1.38. The number of rotatable bonds is 5. The number of Topliss-reactive ketones (excluding diaryl/α,β-unsaturated/α-hetero) is 1. The Bertz CT molecular complexity index is 566. The number of ketones is 1. The molecule has 7 nitrogen and oxygen atoms in total. The van der Waals surface area contributed by atoms with Gasteiger partial charge in [-0.05, 0) is 13.0 Å². The van der Waals surface area contributed by atoms with E-state index in [0.717, 1.165) is 0 Å². The highest BCUT2D eigenvalue weighted by atomic mass is 16.5. The van der Waals surface area contributed by atoms with Crippen LogP contribution in [0.3, 0.4) is 0 Å². The van der Waals surface area contributed by atoms with Gasteiger partial charge in [-0.1, -0.05) is 0 Å². The van der Waals surface area contributed by atoms with Crippen LogP contribution in [0.15, 0.2) is 6.07 Å². The van der Waals surface area contributed by atoms with Crippen molar-refractivity contribution in [1.82, 2.24) is 9.88 Å². The summed E-state index contributed by atoms with van der Waals surface area (Å²) in [6.45, 7) is 1.72. The van der Waals surface area contributed by atoms with Crippen molar-refractivity contribution in [2.75, 3.05) is 19.8 Å². The van der Waals surface area contributed by atoms with Gasteiger partial charge in [0.1, 0.15) is 5.54 Å². The number of aldehydes is 1. The van der Waals surface area contributed by atoms with Crippen molar-refractivity contribution in [3.05, 3.63) is 23.0 Å². The molecule has 7 heteroatoms. The fourth-order valence-electron chi connectivity index (χ4n) is 2.04. The van der Waals surface area contributed by atoms with Crippen LogP contribution in [0.4, 0.5) is 0 Å². The molecule has 2 rings (SSSR count). The lowest BCUT2D eigenvalue weighted by atomic mass is 9.98. The summed E-state index contributed by atoms with van der Waals surface area (Å²) in [6.07, 6.45) is 0.622. The zero-order chi connectivity index (χ0) is 14.9. The van der Waals surface area contributed by atoms with Gasteiger partial charge in [0.2, 0.25) is 0 Å². The van der Waals surface area contributed by atoms with Crippen molar-refractivity contribution in [3.63, 3.8) is 0 Å². The first-order valence-electron chi connectivity index (χ1n) is 6.11. The standard InChI is InChI=1S/C13H16N2O5/c1-8-10(3-9(4-16)15(8)2)11(18)12(19)14-13(5-17)6-20-7-13/h3-4,17H,5-7H2,1-2H3,(H,14,19). The molecule has 1 aromatic heterocycles. The van der Waals surface area contributed by atoms with Crippen molar-refractivity contribution in [2.24, 2.45) is 7.05 Å². The summed E-state index contributed by atoms with van der Waals surface area (Å²) >= 11 is 0. The van der Waals surface area contributed by atoms with Gasteiger partial charge >= 0.3 is 0 Å². The van der Waals surface area contributed by atoms with Gasteiger partial charge < -0.3 is 19.7 Å². The lowest BCUT2D eigenvalue weighted by Gasteiger charge is -2.40. The maximum atomic E-state index is 12.1. The molecule has 0 bridgehead atoms. The average molecular weight is 280 g/mol. The Hall–Kier alpha value is -1.99. The number of hydrogen-bond donors (Lipinski definition) is 2. The minimum Gasteiger partial charge on any atom is -0.394 e. The first-order chi connectivity index (χ1) is 9.44. The van der Waals surface area contributed by atoms with Crippen molar-refractivity contribution in [1.29, 1.82) is 0 Å². The number of ether oxygens (including phenoxy) is 1. The van der Waals surface area contributed by atoms with Crippen molar-refractivity contribution >= 4 is 18.0 Å². The third-order valence-corrected chi connectivity index (χ3v) is 3.58. The summed E-state index contributed by atoms with van der Waals surface area (Å²) in [7, 11) is 1.64. The molecule has 0 aliphatic carbocycles. The third kappa shape index (κ3) is 2.25. The average Bonchev–Trinajstić information content (AvgIpc) is 2.69. The monoisotopic (exact) mass is 280 g/mol. The van der Waals surface area contributed by atoms with E-state index in [9.17, 15) is 19.5 Å². The van der Waals surface area contributed by atoms with E-state index >= 15 is 0 Å². The lowest BCUT2D eigenvalue weighted by Crippen LogP contribution is -2.65. The Morgan fingerprint density at radius 1 is 1.55 bits per heavy atom. The second-order valence-electron chi connectivity index (χ2n) is 4.96. The maximum absolute atomic E-state index is 12.1. The summed E-state index contributed by atoms with van der Waals surface area (Å²) in [4.78, 5) is 34.9. The molecule has 0 radical (unpaired) electrons. The van der Waals surface area contributed by atoms with Crippen LogP contribution in [0, 0.1) is 6.92 Å². The van der Waals surface area contributed by atoms with Gasteiger partial charge in [-0.15, -0.1) is 0 Å². The number of nitrogens with one attached hydrogen (secondary N) is 1. The van der Waals surface area contributed by atoms with Gasteiger partial charge in [-0.25, -0.2) is 0 Å². The Morgan fingerprint density at radius 2 is 2.20 bits per heavy atom. The van der Waals surface area contributed by atoms with E-state index in [-0.39, 0.29) is 25.4 Å². The largest absolute Gasteiger partial charge is 0.394 e. The predicted octanol–water partition coefficient (Wildman–Crippen LogP) is -0.794. The minimum absolute atomic E-state index is 0.176. The highest BCUT2D eigenvalue weighted by molar-refractivity contribution is 6.43. The number of aliphatic hydroxyl groups excluding tert-OH is 1. The minimum atomic E-state index is -0.872. The number of aliphatic hydroxyl groups is 1. The van der Waals surface area contributed by atoms with Crippen LogP contribution in [-0.2, 0) is 16.6 Å². The number of aromatic nitrogens is 1. The molecule has 2 N–H and O–H groups in total. The lowest BCUT2D eigenvalue weighted by molar-refractivity contribution is -0.133. The molecule has 0 atom stereocenters. The van der Waals surface area contributed by atoms with Crippen LogP contribution in [0.2, 0.25) is 0 Å². The van der Waals surface area contributed by atoms with Crippen molar-refractivity contribution < 1.29 is 24.2 Å². The molecule has 108 valence electrons. The van der Waals surface area contributed by atoms with E-state index in [1.807, 2.05) is 0 Å². The second kappa shape index (κ2) is 5.18. The van der Waals surface area contributed by atoms with Gasteiger partial charge in [-0.3, -0.25) is 14.4 Å². The Kier molecular flexibility index (Phi) is 3.74. The van der Waals surface area contributed by atoms with Crippen LogP contribution >= 0.6 is 0 Å². The number of amides is 1. The predicted molar refractivity (Wildman–Crippen MR) is 68.6 cm³/mol. The molecule has 0 unspecified atom stereocenters. The molecule has 1 saturated heterocycles. The summed E-state index contributed by atoms with van der Waals surface area (Å²) < 4.78 is 6.49. The summed E-state index contributed by atoms with van der Waals surface area (Å²) in [5.74, 6) is -1.54. The van der Waals surface area contributed by atoms with E-state index in [2.05, 4.69) is 5.32 Å². The van der Waals surface area contributed by atoms with Crippen LogP contribution in [0.25, 0.3) is 0 Å². The highest BCUT2D eigenvalue weighted by Gasteiger charge is 2.41. The van der Waals surface area contributed by atoms with Gasteiger partial charge in [0.05, 0.1) is 25.5 Å². The molecule has 2 heterocycles. The molecule has 20 heavy (non-hydrogen) atoms. The molecular weight excluding hydrogens is 264 g/mol. The number of carbonyl (C=O) groups is 3. The number of hydrogen-bond acceptors (Lipinski definition) is 5. The van der Waals surface area contributed by atoms with Crippen LogP contribution in [-0.4, -0.2) is 53.0 Å².